The van der Waals surface area contributed by atoms with Crippen molar-refractivity contribution in [3.8, 4) is 17.2 Å². The summed E-state index contributed by atoms with van der Waals surface area (Å²) >= 11 is -1.45. The van der Waals surface area contributed by atoms with Crippen LogP contribution in [0.2, 0.25) is 0 Å². The van der Waals surface area contributed by atoms with Gasteiger partial charge < -0.3 is 0 Å². The summed E-state index contributed by atoms with van der Waals surface area (Å²) in [7, 11) is 0. The summed E-state index contributed by atoms with van der Waals surface area (Å²) in [5, 5.41) is 0. The van der Waals surface area contributed by atoms with E-state index in [1.165, 1.54) is 0 Å². The van der Waals surface area contributed by atoms with Crippen LogP contribution < -0.4 is 9.96 Å². The van der Waals surface area contributed by atoms with Gasteiger partial charge in [-0.2, -0.15) is 0 Å². The van der Waals surface area contributed by atoms with Crippen molar-refractivity contribution in [1.29, 1.82) is 0 Å². The molecule has 3 aromatic carbocycles. The molecule has 0 bridgehead atoms. The first-order valence-corrected chi connectivity index (χ1v) is 15.3. The van der Waals surface area contributed by atoms with E-state index in [4.69, 9.17) is 9.96 Å². The maximum atomic E-state index is 6.38. The number of hydrogen-bond donors (Lipinski definition) is 0. The molecule has 3 rings (SSSR count). The van der Waals surface area contributed by atoms with Crippen molar-refractivity contribution >= 4 is 19.2 Å². The quantitative estimate of drug-likeness (QED) is 0.292. The summed E-state index contributed by atoms with van der Waals surface area (Å²) in [6, 6.07) is 23.8. The van der Waals surface area contributed by atoms with Crippen molar-refractivity contribution in [2.24, 2.45) is 0 Å². The van der Waals surface area contributed by atoms with Gasteiger partial charge in [0.25, 0.3) is 0 Å². The molecule has 3 nitrogen and oxygen atoms in total. The first-order chi connectivity index (χ1) is 12.5. The fourth-order valence-electron chi connectivity index (χ4n) is 2.47. The van der Waals surface area contributed by atoms with Crippen LogP contribution in [-0.4, -0.2) is 0 Å². The maximum absolute atomic E-state index is 6.38. The van der Waals surface area contributed by atoms with Crippen molar-refractivity contribution in [2.75, 3.05) is 0 Å². The minimum atomic E-state index is -3.71. The molecule has 3 aromatic rings. The molecule has 0 spiro atoms. The van der Waals surface area contributed by atoms with Gasteiger partial charge in [-0.3, -0.25) is 0 Å². The van der Waals surface area contributed by atoms with Crippen molar-refractivity contribution in [2.45, 2.75) is 20.8 Å². The number of rotatable bonds is 6. The summed E-state index contributed by atoms with van der Waals surface area (Å²) in [6.07, 6.45) is 0. The van der Waals surface area contributed by atoms with Crippen molar-refractivity contribution in [1.82, 2.24) is 0 Å². The second-order valence-corrected chi connectivity index (χ2v) is 14.0. The Balaban J connectivity index is 1.96. The van der Waals surface area contributed by atoms with Crippen LogP contribution in [-0.2, 0) is 14.0 Å². The van der Waals surface area contributed by atoms with Gasteiger partial charge in [-0.15, -0.1) is 0 Å². The second-order valence-electron chi connectivity index (χ2n) is 6.08. The Kier molecular flexibility index (Phi) is 6.27. The molecule has 0 N–H and O–H groups in total. The molecule has 0 saturated heterocycles. The van der Waals surface area contributed by atoms with E-state index in [1.807, 2.05) is 93.6 Å². The Morgan fingerprint density at radius 1 is 0.538 bits per heavy atom. The average Bonchev–Trinajstić information content (AvgIpc) is 2.61. The van der Waals surface area contributed by atoms with Gasteiger partial charge in [-0.25, -0.2) is 0 Å². The summed E-state index contributed by atoms with van der Waals surface area (Å²) in [5.74, 6) is 2.39. The monoisotopic (exact) mass is 496 g/mol. The van der Waals surface area contributed by atoms with Crippen molar-refractivity contribution in [3.05, 3.63) is 89.5 Å². The number of aryl methyl sites for hydroxylation is 3. The Hall–Kier alpha value is -1.50. The Morgan fingerprint density at radius 2 is 0.808 bits per heavy atom. The van der Waals surface area contributed by atoms with E-state index in [0.717, 1.165) is 33.9 Å². The van der Waals surface area contributed by atoms with Gasteiger partial charge in [0.2, 0.25) is 0 Å². The summed E-state index contributed by atoms with van der Waals surface area (Å²) in [6.45, 7) is 6.07. The van der Waals surface area contributed by atoms with Crippen LogP contribution in [0.5, 0.6) is 17.2 Å². The topological polar surface area (TPSA) is 27.7 Å². The molecule has 0 amide bonds. The fraction of sp³-hybridized carbons (Fsp3) is 0.143. The molecule has 0 aliphatic rings. The summed E-state index contributed by atoms with van der Waals surface area (Å²) < 4.78 is 19.1. The fourth-order valence-corrected chi connectivity index (χ4v) is 7.90. The zero-order valence-corrected chi connectivity index (χ0v) is 18.7. The first kappa shape index (κ1) is 19.3. The molecular formula is C21H21IO3Ti. The number of benzene rings is 3. The van der Waals surface area contributed by atoms with E-state index < -0.39 is 14.0 Å². The van der Waals surface area contributed by atoms with Crippen LogP contribution in [0, 0.1) is 20.8 Å². The number of para-hydroxylation sites is 3. The Morgan fingerprint density at radius 3 is 1.08 bits per heavy atom. The van der Waals surface area contributed by atoms with Crippen molar-refractivity contribution < 1.29 is 24.0 Å². The molecule has 0 fully saturated rings. The zero-order chi connectivity index (χ0) is 18.6. The standard InChI is InChI=1S/3C7H8O.HI.Ti/c3*1-6-4-2-3-5-7(6)8;;/h3*2-5,8H,1H3;1H;/q;;;;+4/p-4. The van der Waals surface area contributed by atoms with Gasteiger partial charge in [0.05, 0.1) is 0 Å². The van der Waals surface area contributed by atoms with E-state index in [1.54, 1.807) is 0 Å². The third-order valence-electron chi connectivity index (χ3n) is 3.98. The van der Waals surface area contributed by atoms with Crippen LogP contribution in [0.4, 0.5) is 0 Å². The van der Waals surface area contributed by atoms with Gasteiger partial charge in [0, 0.05) is 0 Å². The molecule has 0 unspecified atom stereocenters. The minimum absolute atomic E-state index is 0.795. The molecule has 0 aromatic heterocycles. The van der Waals surface area contributed by atoms with Gasteiger partial charge in [-0.05, 0) is 0 Å². The summed E-state index contributed by atoms with van der Waals surface area (Å²) in [5.41, 5.74) is 3.17. The van der Waals surface area contributed by atoms with E-state index in [2.05, 4.69) is 19.2 Å². The Labute approximate surface area is 169 Å². The zero-order valence-electron chi connectivity index (χ0n) is 15.0. The predicted octanol–water partition coefficient (Wildman–Crippen LogP) is 6.40. The molecule has 0 atom stereocenters. The average molecular weight is 496 g/mol. The van der Waals surface area contributed by atoms with Gasteiger partial charge in [0.1, 0.15) is 0 Å². The third kappa shape index (κ3) is 4.81. The van der Waals surface area contributed by atoms with Crippen LogP contribution >= 0.6 is 19.2 Å². The normalized spacial score (nSPS) is 11.1. The van der Waals surface area contributed by atoms with Gasteiger partial charge in [0.15, 0.2) is 0 Å². The van der Waals surface area contributed by atoms with E-state index in [9.17, 15) is 0 Å². The second kappa shape index (κ2) is 8.46. The van der Waals surface area contributed by atoms with E-state index >= 15 is 0 Å². The van der Waals surface area contributed by atoms with E-state index in [0.29, 0.717) is 0 Å². The molecule has 26 heavy (non-hydrogen) atoms. The van der Waals surface area contributed by atoms with Crippen LogP contribution in [0.25, 0.3) is 0 Å². The van der Waals surface area contributed by atoms with Crippen LogP contribution in [0.1, 0.15) is 16.7 Å². The van der Waals surface area contributed by atoms with Crippen LogP contribution in [0.15, 0.2) is 72.8 Å². The third-order valence-corrected chi connectivity index (χ3v) is 8.87. The molecule has 0 saturated carbocycles. The van der Waals surface area contributed by atoms with Crippen molar-refractivity contribution in [3.63, 3.8) is 0 Å². The molecule has 5 heteroatoms. The molecular weight excluding hydrogens is 475 g/mol. The van der Waals surface area contributed by atoms with Gasteiger partial charge >= 0.3 is 171 Å². The molecule has 0 aliphatic heterocycles. The Bertz CT molecular complexity index is 782. The van der Waals surface area contributed by atoms with Gasteiger partial charge in [-0.1, -0.05) is 0 Å². The number of hydrogen-bond acceptors (Lipinski definition) is 3. The predicted molar refractivity (Wildman–Crippen MR) is 109 cm³/mol. The molecule has 134 valence electrons. The SMILES string of the molecule is Cc1ccccc1[O][Ti]([I])([O]c1ccccc1C)[O]c1ccccc1C. The first-order valence-electron chi connectivity index (χ1n) is 8.40. The number of halogens is 1. The molecule has 0 heterocycles. The summed E-state index contributed by atoms with van der Waals surface area (Å²) in [4.78, 5) is 0. The van der Waals surface area contributed by atoms with E-state index in [-0.39, 0.29) is 0 Å². The van der Waals surface area contributed by atoms with Crippen LogP contribution in [0.3, 0.4) is 0 Å². The molecule has 0 aliphatic carbocycles. The molecule has 0 radical (unpaired) electrons.